The summed E-state index contributed by atoms with van der Waals surface area (Å²) in [5.74, 6) is 0. The fourth-order valence-electron chi connectivity index (χ4n) is 1.28. The minimum atomic E-state index is 0.209. The first-order chi connectivity index (χ1) is 6.54. The molecule has 1 heterocycles. The van der Waals surface area contributed by atoms with E-state index in [1.165, 1.54) is 0 Å². The number of hydrogen-bond acceptors (Lipinski definition) is 3. The molecule has 1 atom stereocenters. The van der Waals surface area contributed by atoms with Gasteiger partial charge in [0.1, 0.15) is 0 Å². The van der Waals surface area contributed by atoms with Crippen LogP contribution in [0, 0.1) is 5.41 Å². The van der Waals surface area contributed by atoms with Gasteiger partial charge < -0.3 is 9.64 Å². The molecule has 0 amide bonds. The maximum absolute atomic E-state index is 5.00. The van der Waals surface area contributed by atoms with Crippen LogP contribution in [0.2, 0.25) is 0 Å². The molecule has 0 fully saturated rings. The molecule has 0 aromatic rings. The first kappa shape index (κ1) is 11.2. The Kier molecular flexibility index (Phi) is 3.69. The summed E-state index contributed by atoms with van der Waals surface area (Å²) in [6.45, 7) is 8.20. The molecule has 0 aromatic heterocycles. The van der Waals surface area contributed by atoms with Gasteiger partial charge in [0, 0.05) is 19.9 Å². The highest BCUT2D eigenvalue weighted by molar-refractivity contribution is 5.58. The van der Waals surface area contributed by atoms with Gasteiger partial charge in [-0.2, -0.15) is 0 Å². The molecule has 3 heteroatoms. The summed E-state index contributed by atoms with van der Waals surface area (Å²) in [5.41, 5.74) is 0.209. The molecule has 1 rings (SSSR count). The van der Waals surface area contributed by atoms with Crippen LogP contribution in [-0.4, -0.2) is 37.5 Å². The fourth-order valence-corrected chi connectivity index (χ4v) is 1.28. The number of rotatable bonds is 3. The molecule has 80 valence electrons. The Morgan fingerprint density at radius 2 is 2.14 bits per heavy atom. The lowest BCUT2D eigenvalue weighted by Gasteiger charge is -2.29. The van der Waals surface area contributed by atoms with Crippen LogP contribution in [0.25, 0.3) is 0 Å². The highest BCUT2D eigenvalue weighted by Gasteiger charge is 2.22. The van der Waals surface area contributed by atoms with Gasteiger partial charge in [-0.25, -0.2) is 0 Å². The van der Waals surface area contributed by atoms with Gasteiger partial charge in [-0.3, -0.25) is 4.99 Å². The van der Waals surface area contributed by atoms with Crippen molar-refractivity contribution >= 4 is 6.34 Å². The zero-order valence-corrected chi connectivity index (χ0v) is 9.53. The van der Waals surface area contributed by atoms with E-state index in [1.807, 2.05) is 11.2 Å². The Bertz CT molecular complexity index is 214. The summed E-state index contributed by atoms with van der Waals surface area (Å²) in [7, 11) is 1.71. The third-order valence-electron chi connectivity index (χ3n) is 2.28. The van der Waals surface area contributed by atoms with Crippen molar-refractivity contribution in [2.45, 2.75) is 26.8 Å². The zero-order valence-electron chi connectivity index (χ0n) is 9.53. The summed E-state index contributed by atoms with van der Waals surface area (Å²) in [6, 6.07) is 0.293. The molecule has 0 aromatic carbocycles. The molecule has 0 radical (unpaired) electrons. The van der Waals surface area contributed by atoms with Crippen LogP contribution in [0.1, 0.15) is 20.8 Å². The number of hydrogen-bond donors (Lipinski definition) is 0. The van der Waals surface area contributed by atoms with Gasteiger partial charge in [0.05, 0.1) is 19.0 Å². The quantitative estimate of drug-likeness (QED) is 0.688. The molecule has 0 aliphatic carbocycles. The summed E-state index contributed by atoms with van der Waals surface area (Å²) >= 11 is 0. The predicted molar refractivity (Wildman–Crippen MR) is 59.5 cm³/mol. The van der Waals surface area contributed by atoms with Crippen LogP contribution in [0.15, 0.2) is 17.3 Å². The lowest BCUT2D eigenvalue weighted by atomic mass is 9.87. The van der Waals surface area contributed by atoms with E-state index in [2.05, 4.69) is 38.0 Å². The van der Waals surface area contributed by atoms with Gasteiger partial charge in [0.25, 0.3) is 0 Å². The van der Waals surface area contributed by atoms with Crippen molar-refractivity contribution < 1.29 is 4.74 Å². The Labute approximate surface area is 86.5 Å². The third-order valence-corrected chi connectivity index (χ3v) is 2.28. The summed E-state index contributed by atoms with van der Waals surface area (Å²) in [6.07, 6.45) is 6.13. The molecule has 0 bridgehead atoms. The average Bonchev–Trinajstić information content (AvgIpc) is 2.14. The largest absolute Gasteiger partial charge is 0.383 e. The van der Waals surface area contributed by atoms with Crippen LogP contribution >= 0.6 is 0 Å². The van der Waals surface area contributed by atoms with Gasteiger partial charge in [-0.15, -0.1) is 0 Å². The molecule has 14 heavy (non-hydrogen) atoms. The normalized spacial score (nSPS) is 21.7. The molecular formula is C11H20N2O. The highest BCUT2D eigenvalue weighted by Crippen LogP contribution is 2.24. The molecule has 0 saturated heterocycles. The number of ether oxygens (including phenoxy) is 1. The topological polar surface area (TPSA) is 24.8 Å². The molecule has 0 spiro atoms. The van der Waals surface area contributed by atoms with Crippen molar-refractivity contribution in [3.63, 3.8) is 0 Å². The van der Waals surface area contributed by atoms with Gasteiger partial charge >= 0.3 is 0 Å². The Balaban J connectivity index is 2.45. The van der Waals surface area contributed by atoms with Crippen molar-refractivity contribution in [1.29, 1.82) is 0 Å². The first-order valence-corrected chi connectivity index (χ1v) is 5.00. The van der Waals surface area contributed by atoms with Crippen molar-refractivity contribution in [1.82, 2.24) is 4.90 Å². The van der Waals surface area contributed by atoms with E-state index in [-0.39, 0.29) is 5.41 Å². The summed E-state index contributed by atoms with van der Waals surface area (Å²) in [4.78, 5) is 6.54. The van der Waals surface area contributed by atoms with Crippen molar-refractivity contribution in [3.8, 4) is 0 Å². The van der Waals surface area contributed by atoms with E-state index in [0.717, 1.165) is 13.2 Å². The van der Waals surface area contributed by atoms with Gasteiger partial charge in [-0.1, -0.05) is 20.8 Å². The molecule has 1 unspecified atom stereocenters. The lowest BCUT2D eigenvalue weighted by molar-refractivity contribution is 0.186. The fraction of sp³-hybridized carbons (Fsp3) is 0.727. The van der Waals surface area contributed by atoms with E-state index in [9.17, 15) is 0 Å². The summed E-state index contributed by atoms with van der Waals surface area (Å²) < 4.78 is 5.00. The lowest BCUT2D eigenvalue weighted by Crippen LogP contribution is -2.30. The maximum atomic E-state index is 5.00. The second-order valence-electron chi connectivity index (χ2n) is 4.65. The van der Waals surface area contributed by atoms with E-state index in [4.69, 9.17) is 4.74 Å². The molecular weight excluding hydrogens is 176 g/mol. The average molecular weight is 196 g/mol. The smallest absolute Gasteiger partial charge is 0.0897 e. The van der Waals surface area contributed by atoms with Crippen LogP contribution in [0.5, 0.6) is 0 Å². The van der Waals surface area contributed by atoms with E-state index in [1.54, 1.807) is 7.11 Å². The molecule has 0 N–H and O–H groups in total. The molecule has 0 saturated carbocycles. The van der Waals surface area contributed by atoms with Gasteiger partial charge in [0.15, 0.2) is 0 Å². The second kappa shape index (κ2) is 4.60. The minimum absolute atomic E-state index is 0.209. The Morgan fingerprint density at radius 3 is 2.57 bits per heavy atom. The van der Waals surface area contributed by atoms with Crippen molar-refractivity contribution in [2.24, 2.45) is 10.4 Å². The minimum Gasteiger partial charge on any atom is -0.383 e. The number of aliphatic imine (C=N–C) groups is 1. The van der Waals surface area contributed by atoms with Crippen molar-refractivity contribution in [2.75, 3.05) is 20.3 Å². The van der Waals surface area contributed by atoms with E-state index in [0.29, 0.717) is 6.04 Å². The van der Waals surface area contributed by atoms with Crippen molar-refractivity contribution in [3.05, 3.63) is 12.3 Å². The Morgan fingerprint density at radius 1 is 1.43 bits per heavy atom. The van der Waals surface area contributed by atoms with Crippen LogP contribution in [-0.2, 0) is 4.74 Å². The predicted octanol–water partition coefficient (Wildman–Crippen LogP) is 1.91. The maximum Gasteiger partial charge on any atom is 0.0897 e. The van der Waals surface area contributed by atoms with E-state index < -0.39 is 0 Å². The number of methoxy groups -OCH3 is 1. The second-order valence-corrected chi connectivity index (χ2v) is 4.65. The van der Waals surface area contributed by atoms with Crippen LogP contribution in [0.4, 0.5) is 0 Å². The van der Waals surface area contributed by atoms with E-state index >= 15 is 0 Å². The molecule has 1 aliphatic heterocycles. The van der Waals surface area contributed by atoms with Gasteiger partial charge in [-0.05, 0) is 11.5 Å². The third kappa shape index (κ3) is 3.14. The Hall–Kier alpha value is -0.830. The molecule has 1 aliphatic rings. The SMILES string of the molecule is COCCN1C=CC(C(C)(C)C)N=C1. The van der Waals surface area contributed by atoms with Crippen LogP contribution in [0.3, 0.4) is 0 Å². The standard InChI is InChI=1S/C11H20N2O/c1-11(2,3)10-5-6-13(9-12-10)7-8-14-4/h5-6,9-10H,7-8H2,1-4H3. The molecule has 3 nitrogen and oxygen atoms in total. The summed E-state index contributed by atoms with van der Waals surface area (Å²) in [5, 5.41) is 0. The zero-order chi connectivity index (χ0) is 10.6. The first-order valence-electron chi connectivity index (χ1n) is 5.00. The van der Waals surface area contributed by atoms with Crippen LogP contribution < -0.4 is 0 Å². The highest BCUT2D eigenvalue weighted by atomic mass is 16.5. The number of nitrogens with zero attached hydrogens (tertiary/aromatic N) is 2. The monoisotopic (exact) mass is 196 g/mol. The van der Waals surface area contributed by atoms with Gasteiger partial charge in [0.2, 0.25) is 0 Å².